The second-order valence-corrected chi connectivity index (χ2v) is 4.63. The van der Waals surface area contributed by atoms with Crippen LogP contribution < -0.4 is 5.73 Å². The quantitative estimate of drug-likeness (QED) is 0.767. The van der Waals surface area contributed by atoms with Crippen LogP contribution in [0.5, 0.6) is 0 Å². The van der Waals surface area contributed by atoms with Gasteiger partial charge in [-0.15, -0.1) is 0 Å². The zero-order valence-corrected chi connectivity index (χ0v) is 12.1. The Morgan fingerprint density at radius 2 is 2.00 bits per heavy atom. The van der Waals surface area contributed by atoms with Crippen LogP contribution in [0.3, 0.4) is 0 Å². The number of nitrogen functional groups attached to an aromatic ring is 1. The molecule has 0 aliphatic rings. The van der Waals surface area contributed by atoms with E-state index in [1.807, 2.05) is 0 Å². The third-order valence-electron chi connectivity index (χ3n) is 2.81. The smallest absolute Gasteiger partial charge is 0.254 e. The molecule has 0 atom stereocenters. The van der Waals surface area contributed by atoms with Crippen LogP contribution in [-0.2, 0) is 9.53 Å². The molecule has 6 nitrogen and oxygen atoms in total. The molecule has 6 heteroatoms. The maximum atomic E-state index is 12.4. The van der Waals surface area contributed by atoms with Crippen molar-refractivity contribution in [3.05, 3.63) is 29.8 Å². The van der Waals surface area contributed by atoms with Crippen LogP contribution in [0.4, 0.5) is 5.69 Å². The van der Waals surface area contributed by atoms with Gasteiger partial charge in [-0.1, -0.05) is 6.07 Å². The average molecular weight is 279 g/mol. The van der Waals surface area contributed by atoms with E-state index in [1.54, 1.807) is 45.5 Å². The third kappa shape index (κ3) is 4.55. The largest absolute Gasteiger partial charge is 0.399 e. The van der Waals surface area contributed by atoms with Crippen molar-refractivity contribution in [2.24, 2.45) is 0 Å². The normalized spacial score (nSPS) is 10.2. The van der Waals surface area contributed by atoms with E-state index in [9.17, 15) is 9.59 Å². The molecule has 20 heavy (non-hydrogen) atoms. The van der Waals surface area contributed by atoms with Gasteiger partial charge in [-0.3, -0.25) is 9.59 Å². The fraction of sp³-hybridized carbons (Fsp3) is 0.429. The fourth-order valence-corrected chi connectivity index (χ4v) is 1.61. The number of nitrogens with zero attached hydrogens (tertiary/aromatic N) is 2. The topological polar surface area (TPSA) is 75.9 Å². The summed E-state index contributed by atoms with van der Waals surface area (Å²) < 4.78 is 4.98. The Kier molecular flexibility index (Phi) is 5.99. The molecule has 0 spiro atoms. The molecule has 110 valence electrons. The van der Waals surface area contributed by atoms with Gasteiger partial charge >= 0.3 is 0 Å². The minimum absolute atomic E-state index is 0.0178. The van der Waals surface area contributed by atoms with Gasteiger partial charge in [-0.05, 0) is 18.2 Å². The van der Waals surface area contributed by atoms with E-state index >= 15 is 0 Å². The Morgan fingerprint density at radius 3 is 2.55 bits per heavy atom. The minimum atomic E-state index is -0.232. The van der Waals surface area contributed by atoms with E-state index < -0.39 is 0 Å². The van der Waals surface area contributed by atoms with Gasteiger partial charge < -0.3 is 20.3 Å². The molecular weight excluding hydrogens is 258 g/mol. The van der Waals surface area contributed by atoms with Crippen LogP contribution in [0.2, 0.25) is 0 Å². The summed E-state index contributed by atoms with van der Waals surface area (Å²) in [4.78, 5) is 27.1. The van der Waals surface area contributed by atoms with E-state index in [2.05, 4.69) is 0 Å². The lowest BCUT2D eigenvalue weighted by atomic mass is 10.1. The van der Waals surface area contributed by atoms with E-state index in [0.29, 0.717) is 24.4 Å². The number of benzene rings is 1. The van der Waals surface area contributed by atoms with E-state index in [4.69, 9.17) is 10.5 Å². The molecule has 0 aliphatic carbocycles. The fourth-order valence-electron chi connectivity index (χ4n) is 1.61. The lowest BCUT2D eigenvalue weighted by Crippen LogP contribution is -2.41. The van der Waals surface area contributed by atoms with Crippen molar-refractivity contribution in [2.45, 2.75) is 0 Å². The van der Waals surface area contributed by atoms with Gasteiger partial charge in [0, 0.05) is 39.0 Å². The van der Waals surface area contributed by atoms with Crippen LogP contribution in [0, 0.1) is 0 Å². The Labute approximate surface area is 119 Å². The van der Waals surface area contributed by atoms with Gasteiger partial charge in [0.2, 0.25) is 5.91 Å². The molecule has 0 aromatic heterocycles. The number of ether oxygens (including phenoxy) is 1. The Morgan fingerprint density at radius 1 is 1.30 bits per heavy atom. The first kappa shape index (κ1) is 16.0. The van der Waals surface area contributed by atoms with Crippen molar-refractivity contribution in [1.82, 2.24) is 9.80 Å². The van der Waals surface area contributed by atoms with Crippen molar-refractivity contribution < 1.29 is 14.3 Å². The third-order valence-corrected chi connectivity index (χ3v) is 2.81. The molecule has 0 saturated heterocycles. The zero-order chi connectivity index (χ0) is 15.1. The average Bonchev–Trinajstić information content (AvgIpc) is 2.42. The van der Waals surface area contributed by atoms with Crippen molar-refractivity contribution in [3.63, 3.8) is 0 Å². The number of hydrogen-bond donors (Lipinski definition) is 1. The number of nitrogens with two attached hydrogens (primary N) is 1. The first-order valence-corrected chi connectivity index (χ1v) is 6.29. The highest BCUT2D eigenvalue weighted by Crippen LogP contribution is 2.10. The molecule has 0 fully saturated rings. The number of rotatable bonds is 6. The second-order valence-electron chi connectivity index (χ2n) is 4.63. The molecular formula is C14H21N3O3. The standard InChI is InChI=1S/C14H21N3O3/c1-16(2)13(18)10-17(7-8-20-3)14(19)11-5-4-6-12(15)9-11/h4-6,9H,7-8,10,15H2,1-3H3. The first-order valence-electron chi connectivity index (χ1n) is 6.29. The monoisotopic (exact) mass is 279 g/mol. The molecule has 0 aliphatic heterocycles. The highest BCUT2D eigenvalue weighted by Gasteiger charge is 2.19. The van der Waals surface area contributed by atoms with Crippen LogP contribution in [0.15, 0.2) is 24.3 Å². The molecule has 1 aromatic carbocycles. The van der Waals surface area contributed by atoms with Crippen molar-refractivity contribution in [2.75, 3.05) is 46.6 Å². The van der Waals surface area contributed by atoms with Crippen molar-refractivity contribution in [3.8, 4) is 0 Å². The summed E-state index contributed by atoms with van der Waals surface area (Å²) in [6, 6.07) is 6.70. The SMILES string of the molecule is COCCN(CC(=O)N(C)C)C(=O)c1cccc(N)c1. The van der Waals surface area contributed by atoms with Crippen LogP contribution in [0.25, 0.3) is 0 Å². The highest BCUT2D eigenvalue weighted by molar-refractivity contribution is 5.97. The van der Waals surface area contributed by atoms with Crippen LogP contribution in [0.1, 0.15) is 10.4 Å². The molecule has 0 radical (unpaired) electrons. The molecule has 0 heterocycles. The molecule has 2 N–H and O–H groups in total. The molecule has 1 aromatic rings. The molecule has 2 amide bonds. The number of anilines is 1. The van der Waals surface area contributed by atoms with Gasteiger partial charge in [0.25, 0.3) is 5.91 Å². The van der Waals surface area contributed by atoms with Gasteiger partial charge in [0.1, 0.15) is 6.54 Å². The summed E-state index contributed by atoms with van der Waals surface area (Å²) in [5.74, 6) is -0.372. The predicted molar refractivity (Wildman–Crippen MR) is 77.3 cm³/mol. The predicted octanol–water partition coefficient (Wildman–Crippen LogP) is 0.446. The van der Waals surface area contributed by atoms with Crippen LogP contribution >= 0.6 is 0 Å². The number of carbonyl (C=O) groups is 2. The number of methoxy groups -OCH3 is 1. The maximum absolute atomic E-state index is 12.4. The number of hydrogen-bond acceptors (Lipinski definition) is 4. The van der Waals surface area contributed by atoms with E-state index in [-0.39, 0.29) is 18.4 Å². The summed E-state index contributed by atoms with van der Waals surface area (Å²) >= 11 is 0. The van der Waals surface area contributed by atoms with E-state index in [1.165, 1.54) is 9.80 Å². The summed E-state index contributed by atoms with van der Waals surface area (Å²) in [6.07, 6.45) is 0. The Bertz CT molecular complexity index is 474. The van der Waals surface area contributed by atoms with E-state index in [0.717, 1.165) is 0 Å². The number of likely N-dealkylation sites (N-methyl/N-ethyl adjacent to an activating group) is 1. The molecule has 0 bridgehead atoms. The van der Waals surface area contributed by atoms with Gasteiger partial charge in [-0.2, -0.15) is 0 Å². The number of carbonyl (C=O) groups excluding carboxylic acids is 2. The summed E-state index contributed by atoms with van der Waals surface area (Å²) in [6.45, 7) is 0.739. The Balaban J connectivity index is 2.86. The van der Waals surface area contributed by atoms with Crippen molar-refractivity contribution in [1.29, 1.82) is 0 Å². The zero-order valence-electron chi connectivity index (χ0n) is 12.1. The highest BCUT2D eigenvalue weighted by atomic mass is 16.5. The molecule has 1 rings (SSSR count). The summed E-state index contributed by atoms with van der Waals surface area (Å²) in [5.41, 5.74) is 6.66. The number of amides is 2. The minimum Gasteiger partial charge on any atom is -0.399 e. The molecule has 0 unspecified atom stereocenters. The van der Waals surface area contributed by atoms with Crippen LogP contribution in [-0.4, -0.2) is 62.5 Å². The molecule has 0 saturated carbocycles. The lowest BCUT2D eigenvalue weighted by molar-refractivity contribution is -0.129. The Hall–Kier alpha value is -2.08. The first-order chi connectivity index (χ1) is 9.45. The van der Waals surface area contributed by atoms with Gasteiger partial charge in [-0.25, -0.2) is 0 Å². The lowest BCUT2D eigenvalue weighted by Gasteiger charge is -2.23. The van der Waals surface area contributed by atoms with Crippen molar-refractivity contribution >= 4 is 17.5 Å². The second kappa shape index (κ2) is 7.49. The maximum Gasteiger partial charge on any atom is 0.254 e. The van der Waals surface area contributed by atoms with Gasteiger partial charge in [0.15, 0.2) is 0 Å². The summed E-state index contributed by atoms with van der Waals surface area (Å²) in [5, 5.41) is 0. The summed E-state index contributed by atoms with van der Waals surface area (Å²) in [7, 11) is 4.86. The van der Waals surface area contributed by atoms with Gasteiger partial charge in [0.05, 0.1) is 6.61 Å².